The molecule has 20 heavy (non-hydrogen) atoms. The molecule has 6 nitrogen and oxygen atoms in total. The quantitative estimate of drug-likeness (QED) is 0.751. The number of anilines is 1. The van der Waals surface area contributed by atoms with Gasteiger partial charge in [-0.15, -0.1) is 0 Å². The Balaban J connectivity index is 2.18. The maximum atomic E-state index is 10.9. The number of carboxylic acid groups (broad SMARTS) is 1. The van der Waals surface area contributed by atoms with Gasteiger partial charge < -0.3 is 10.8 Å². The van der Waals surface area contributed by atoms with Crippen LogP contribution in [0.2, 0.25) is 0 Å². The predicted molar refractivity (Wildman–Crippen MR) is 77.5 cm³/mol. The number of aromatic carboxylic acids is 1. The highest BCUT2D eigenvalue weighted by Gasteiger charge is 2.13. The van der Waals surface area contributed by atoms with Gasteiger partial charge in [0.25, 0.3) is 0 Å². The molecule has 0 spiro atoms. The minimum absolute atomic E-state index is 0.0860. The normalized spacial score (nSPS) is 10.8. The van der Waals surface area contributed by atoms with Crippen LogP contribution in [0.4, 0.5) is 5.82 Å². The predicted octanol–water partition coefficient (Wildman–Crippen LogP) is 2.44. The molecule has 1 aromatic carbocycles. The Bertz CT molecular complexity index is 811. The number of hydrogen-bond donors (Lipinski definition) is 2. The number of nitrogens with zero attached hydrogens (tertiary/aromatic N) is 3. The van der Waals surface area contributed by atoms with Crippen LogP contribution in [0.25, 0.3) is 16.9 Å². The van der Waals surface area contributed by atoms with Gasteiger partial charge in [-0.1, -0.05) is 28.1 Å². The molecule has 0 radical (unpaired) electrons. The fourth-order valence-corrected chi connectivity index (χ4v) is 2.14. The third-order valence-corrected chi connectivity index (χ3v) is 3.34. The first-order valence-corrected chi connectivity index (χ1v) is 6.49. The van der Waals surface area contributed by atoms with Crippen molar-refractivity contribution in [1.82, 2.24) is 14.6 Å². The van der Waals surface area contributed by atoms with Gasteiger partial charge in [-0.3, -0.25) is 0 Å². The van der Waals surface area contributed by atoms with Crippen molar-refractivity contribution < 1.29 is 9.90 Å². The number of benzene rings is 1. The van der Waals surface area contributed by atoms with Crippen molar-refractivity contribution in [2.75, 3.05) is 5.73 Å². The molecule has 100 valence electrons. The molecule has 0 saturated carbocycles. The molecule has 3 aromatic rings. The summed E-state index contributed by atoms with van der Waals surface area (Å²) in [6.45, 7) is 0. The highest BCUT2D eigenvalue weighted by atomic mass is 79.9. The van der Waals surface area contributed by atoms with E-state index in [0.29, 0.717) is 17.2 Å². The standard InChI is InChI=1S/C13H9BrN4O2/c14-8-3-1-7(2-4-8)9-5-11(15)18-12(16-9)6-10(17-18)13(19)20/h1-6H,15H2,(H,19,20). The van der Waals surface area contributed by atoms with Gasteiger partial charge in [0.1, 0.15) is 5.82 Å². The molecule has 7 heteroatoms. The molecule has 0 fully saturated rings. The monoisotopic (exact) mass is 332 g/mol. The number of aromatic nitrogens is 3. The number of rotatable bonds is 2. The summed E-state index contributed by atoms with van der Waals surface area (Å²) >= 11 is 3.37. The van der Waals surface area contributed by atoms with E-state index in [0.717, 1.165) is 10.0 Å². The van der Waals surface area contributed by atoms with E-state index in [1.807, 2.05) is 24.3 Å². The van der Waals surface area contributed by atoms with E-state index in [-0.39, 0.29) is 5.69 Å². The SMILES string of the molecule is Nc1cc(-c2ccc(Br)cc2)nc2cc(C(=O)O)nn12. The Morgan fingerprint density at radius 2 is 1.95 bits per heavy atom. The molecular formula is C13H9BrN4O2. The Morgan fingerprint density at radius 3 is 2.60 bits per heavy atom. The van der Waals surface area contributed by atoms with Crippen LogP contribution in [-0.4, -0.2) is 25.7 Å². The number of halogens is 1. The summed E-state index contributed by atoms with van der Waals surface area (Å²) in [5.74, 6) is -0.777. The Labute approximate surface area is 122 Å². The zero-order chi connectivity index (χ0) is 14.3. The number of carbonyl (C=O) groups is 1. The number of carboxylic acids is 1. The molecule has 0 amide bonds. The molecule has 0 atom stereocenters. The average molecular weight is 333 g/mol. The van der Waals surface area contributed by atoms with Crippen molar-refractivity contribution in [2.45, 2.75) is 0 Å². The van der Waals surface area contributed by atoms with Crippen LogP contribution in [0.3, 0.4) is 0 Å². The molecule has 2 aromatic heterocycles. The molecule has 2 heterocycles. The Morgan fingerprint density at radius 1 is 1.25 bits per heavy atom. The Kier molecular flexibility index (Phi) is 2.90. The number of fused-ring (bicyclic) bond motifs is 1. The maximum Gasteiger partial charge on any atom is 0.356 e. The van der Waals surface area contributed by atoms with Gasteiger partial charge >= 0.3 is 5.97 Å². The molecular weight excluding hydrogens is 324 g/mol. The van der Waals surface area contributed by atoms with Crippen molar-refractivity contribution >= 4 is 33.4 Å². The molecule has 3 N–H and O–H groups in total. The lowest BCUT2D eigenvalue weighted by Gasteiger charge is -2.04. The van der Waals surface area contributed by atoms with E-state index in [1.54, 1.807) is 6.07 Å². The van der Waals surface area contributed by atoms with Crippen LogP contribution >= 0.6 is 15.9 Å². The van der Waals surface area contributed by atoms with E-state index in [2.05, 4.69) is 26.0 Å². The smallest absolute Gasteiger partial charge is 0.356 e. The van der Waals surface area contributed by atoms with E-state index in [4.69, 9.17) is 10.8 Å². The second kappa shape index (κ2) is 4.61. The lowest BCUT2D eigenvalue weighted by molar-refractivity contribution is 0.0690. The zero-order valence-corrected chi connectivity index (χ0v) is 11.7. The molecule has 0 aliphatic heterocycles. The second-order valence-corrected chi connectivity index (χ2v) is 5.09. The summed E-state index contributed by atoms with van der Waals surface area (Å²) in [6, 6.07) is 10.6. The van der Waals surface area contributed by atoms with Crippen molar-refractivity contribution in [1.29, 1.82) is 0 Å². The molecule has 3 rings (SSSR count). The van der Waals surface area contributed by atoms with Crippen LogP contribution in [-0.2, 0) is 0 Å². The van der Waals surface area contributed by atoms with Crippen LogP contribution in [0.5, 0.6) is 0 Å². The third kappa shape index (κ3) is 2.12. The Hall–Kier alpha value is -2.41. The van der Waals surface area contributed by atoms with Crippen molar-refractivity contribution in [3.8, 4) is 11.3 Å². The topological polar surface area (TPSA) is 93.5 Å². The highest BCUT2D eigenvalue weighted by molar-refractivity contribution is 9.10. The summed E-state index contributed by atoms with van der Waals surface area (Å²) in [4.78, 5) is 15.3. The molecule has 0 bridgehead atoms. The second-order valence-electron chi connectivity index (χ2n) is 4.18. The van der Waals surface area contributed by atoms with Crippen LogP contribution in [0.1, 0.15) is 10.5 Å². The van der Waals surface area contributed by atoms with Gasteiger partial charge in [0.05, 0.1) is 5.69 Å². The molecule has 0 aliphatic rings. The lowest BCUT2D eigenvalue weighted by atomic mass is 10.1. The van der Waals surface area contributed by atoms with E-state index in [9.17, 15) is 4.79 Å². The van der Waals surface area contributed by atoms with Crippen molar-refractivity contribution in [2.24, 2.45) is 0 Å². The number of nitrogens with two attached hydrogens (primary N) is 1. The van der Waals surface area contributed by atoms with Gasteiger partial charge in [0, 0.05) is 22.2 Å². The fourth-order valence-electron chi connectivity index (χ4n) is 1.87. The van der Waals surface area contributed by atoms with Crippen molar-refractivity contribution in [3.63, 3.8) is 0 Å². The first-order chi connectivity index (χ1) is 9.54. The number of nitrogen functional groups attached to an aromatic ring is 1. The summed E-state index contributed by atoms with van der Waals surface area (Å²) in [5.41, 5.74) is 7.77. The summed E-state index contributed by atoms with van der Waals surface area (Å²) < 4.78 is 2.28. The van der Waals surface area contributed by atoms with Crippen LogP contribution in [0, 0.1) is 0 Å². The van der Waals surface area contributed by atoms with Gasteiger partial charge in [-0.05, 0) is 12.1 Å². The first-order valence-electron chi connectivity index (χ1n) is 5.70. The highest BCUT2D eigenvalue weighted by Crippen LogP contribution is 2.23. The third-order valence-electron chi connectivity index (χ3n) is 2.81. The lowest BCUT2D eigenvalue weighted by Crippen LogP contribution is -2.02. The molecule has 0 saturated heterocycles. The van der Waals surface area contributed by atoms with Gasteiger partial charge in [0.15, 0.2) is 11.3 Å². The average Bonchev–Trinajstić information content (AvgIpc) is 2.84. The van der Waals surface area contributed by atoms with Crippen molar-refractivity contribution in [3.05, 3.63) is 46.6 Å². The maximum absolute atomic E-state index is 10.9. The number of hydrogen-bond acceptors (Lipinski definition) is 4. The minimum Gasteiger partial charge on any atom is -0.476 e. The van der Waals surface area contributed by atoms with Crippen LogP contribution in [0.15, 0.2) is 40.9 Å². The van der Waals surface area contributed by atoms with Gasteiger partial charge in [0.2, 0.25) is 0 Å². The van der Waals surface area contributed by atoms with Crippen LogP contribution < -0.4 is 5.73 Å². The molecule has 0 aliphatic carbocycles. The fraction of sp³-hybridized carbons (Fsp3) is 0. The molecule has 0 unspecified atom stereocenters. The first kappa shape index (κ1) is 12.6. The van der Waals surface area contributed by atoms with Gasteiger partial charge in [-0.25, -0.2) is 9.78 Å². The summed E-state index contributed by atoms with van der Waals surface area (Å²) in [6.07, 6.45) is 0. The minimum atomic E-state index is -1.11. The summed E-state index contributed by atoms with van der Waals surface area (Å²) in [5, 5.41) is 12.8. The zero-order valence-electron chi connectivity index (χ0n) is 10.1. The largest absolute Gasteiger partial charge is 0.476 e. The van der Waals surface area contributed by atoms with Gasteiger partial charge in [-0.2, -0.15) is 9.61 Å². The van der Waals surface area contributed by atoms with E-state index >= 15 is 0 Å². The van der Waals surface area contributed by atoms with E-state index in [1.165, 1.54) is 10.6 Å². The van der Waals surface area contributed by atoms with E-state index < -0.39 is 5.97 Å². The summed E-state index contributed by atoms with van der Waals surface area (Å²) in [7, 11) is 0.